The molecule has 0 nitrogen and oxygen atoms in total. The van der Waals surface area contributed by atoms with Gasteiger partial charge in [0.1, 0.15) is 0 Å². The highest BCUT2D eigenvalue weighted by atomic mass is 32.2. The summed E-state index contributed by atoms with van der Waals surface area (Å²) in [6.45, 7) is 2.29. The van der Waals surface area contributed by atoms with E-state index >= 15 is 0 Å². The van der Waals surface area contributed by atoms with Crippen molar-refractivity contribution in [3.8, 4) is 0 Å². The lowest BCUT2D eigenvalue weighted by molar-refractivity contribution is 0.571. The molecule has 1 aliphatic rings. The van der Waals surface area contributed by atoms with Crippen LogP contribution in [-0.4, -0.2) is 16.1 Å². The second-order valence-corrected chi connectivity index (χ2v) is 7.71. The molecule has 1 heterocycles. The second kappa shape index (κ2) is 10.8. The van der Waals surface area contributed by atoms with E-state index in [1.165, 1.54) is 75.7 Å². The smallest absolute Gasteiger partial charge is 0.0502 e. The summed E-state index contributed by atoms with van der Waals surface area (Å²) >= 11 is 4.40. The van der Waals surface area contributed by atoms with Crippen LogP contribution in [0.5, 0.6) is 0 Å². The van der Waals surface area contributed by atoms with Crippen LogP contribution in [0.4, 0.5) is 0 Å². The van der Waals surface area contributed by atoms with Gasteiger partial charge in [-0.05, 0) is 24.3 Å². The van der Waals surface area contributed by atoms with Gasteiger partial charge in [0.25, 0.3) is 0 Å². The summed E-state index contributed by atoms with van der Waals surface area (Å²) < 4.78 is 0.939. The van der Waals surface area contributed by atoms with Crippen molar-refractivity contribution in [2.45, 2.75) is 75.7 Å². The first-order valence-corrected chi connectivity index (χ1v) is 9.26. The molecule has 0 aliphatic carbocycles. The molecular formula is C14H28S2. The molecule has 0 aromatic heterocycles. The summed E-state index contributed by atoms with van der Waals surface area (Å²) in [5, 5.41) is 0. The topological polar surface area (TPSA) is 0 Å². The average molecular weight is 261 g/mol. The Balaban J connectivity index is 1.77. The summed E-state index contributed by atoms with van der Waals surface area (Å²) in [6.07, 6.45) is 14.5. The van der Waals surface area contributed by atoms with Crippen molar-refractivity contribution >= 4 is 23.5 Å². The minimum Gasteiger partial charge on any atom is -0.148 e. The minimum atomic E-state index is 0.939. The maximum atomic E-state index is 2.29. The normalized spacial score (nSPS) is 17.8. The summed E-state index contributed by atoms with van der Waals surface area (Å²) in [6, 6.07) is 0. The molecule has 0 saturated carbocycles. The quantitative estimate of drug-likeness (QED) is 0.487. The zero-order chi connectivity index (χ0) is 11.5. The predicted octanol–water partition coefficient (Wildman–Crippen LogP) is 5.71. The minimum absolute atomic E-state index is 0.939. The van der Waals surface area contributed by atoms with Crippen LogP contribution < -0.4 is 0 Å². The number of hydrogen-bond donors (Lipinski definition) is 0. The van der Waals surface area contributed by atoms with Crippen molar-refractivity contribution in [1.82, 2.24) is 0 Å². The summed E-state index contributed by atoms with van der Waals surface area (Å²) in [7, 11) is 0. The Morgan fingerprint density at radius 1 is 0.812 bits per heavy atom. The highest BCUT2D eigenvalue weighted by Crippen LogP contribution is 2.34. The van der Waals surface area contributed by atoms with Crippen LogP contribution in [0.3, 0.4) is 0 Å². The van der Waals surface area contributed by atoms with Gasteiger partial charge in [-0.25, -0.2) is 0 Å². The molecule has 0 N–H and O–H groups in total. The Hall–Kier alpha value is 0.700. The molecule has 1 fully saturated rings. The van der Waals surface area contributed by atoms with E-state index in [1.54, 1.807) is 0 Å². The zero-order valence-corrected chi connectivity index (χ0v) is 12.5. The van der Waals surface area contributed by atoms with Gasteiger partial charge in [-0.2, -0.15) is 0 Å². The predicted molar refractivity (Wildman–Crippen MR) is 80.5 cm³/mol. The molecule has 0 spiro atoms. The van der Waals surface area contributed by atoms with Gasteiger partial charge in [0.15, 0.2) is 0 Å². The summed E-state index contributed by atoms with van der Waals surface area (Å²) in [4.78, 5) is 0. The van der Waals surface area contributed by atoms with Gasteiger partial charge in [-0.15, -0.1) is 23.5 Å². The lowest BCUT2D eigenvalue weighted by atomic mass is 10.1. The third-order valence-corrected chi connectivity index (χ3v) is 6.27. The fraction of sp³-hybridized carbons (Fsp3) is 1.00. The van der Waals surface area contributed by atoms with Crippen molar-refractivity contribution in [2.24, 2.45) is 0 Å². The fourth-order valence-corrected chi connectivity index (χ4v) is 5.11. The van der Waals surface area contributed by atoms with E-state index < -0.39 is 0 Å². The maximum absolute atomic E-state index is 2.29. The number of hydrogen-bond acceptors (Lipinski definition) is 2. The Morgan fingerprint density at radius 2 is 1.38 bits per heavy atom. The van der Waals surface area contributed by atoms with Gasteiger partial charge in [0.2, 0.25) is 0 Å². The number of unbranched alkanes of at least 4 members (excludes halogenated alkanes) is 7. The highest BCUT2D eigenvalue weighted by molar-refractivity contribution is 8.17. The molecule has 0 aromatic rings. The van der Waals surface area contributed by atoms with E-state index in [0.717, 1.165) is 4.58 Å². The lowest BCUT2D eigenvalue weighted by Crippen LogP contribution is -2.06. The molecule has 0 bridgehead atoms. The first-order valence-electron chi connectivity index (χ1n) is 7.16. The molecule has 0 unspecified atom stereocenters. The van der Waals surface area contributed by atoms with Crippen LogP contribution in [0.2, 0.25) is 0 Å². The van der Waals surface area contributed by atoms with Gasteiger partial charge >= 0.3 is 0 Å². The lowest BCUT2D eigenvalue weighted by Gasteiger charge is -2.20. The second-order valence-electron chi connectivity index (χ2n) is 4.79. The monoisotopic (exact) mass is 260 g/mol. The zero-order valence-electron chi connectivity index (χ0n) is 10.9. The van der Waals surface area contributed by atoms with E-state index in [4.69, 9.17) is 0 Å². The number of thioether (sulfide) groups is 2. The van der Waals surface area contributed by atoms with Gasteiger partial charge in [0.05, 0.1) is 4.58 Å². The van der Waals surface area contributed by atoms with Crippen LogP contribution in [-0.2, 0) is 0 Å². The first-order chi connectivity index (χ1) is 7.93. The van der Waals surface area contributed by atoms with Crippen LogP contribution in [0, 0.1) is 0 Å². The maximum Gasteiger partial charge on any atom is 0.0502 e. The standard InChI is InChI=1S/C14H28S2/c1-2-3-4-5-6-7-8-9-11-14-15-12-10-13-16-14/h14H,2-13H2,1H3. The fourth-order valence-electron chi connectivity index (χ4n) is 2.15. The largest absolute Gasteiger partial charge is 0.148 e. The van der Waals surface area contributed by atoms with Crippen molar-refractivity contribution < 1.29 is 0 Å². The van der Waals surface area contributed by atoms with E-state index in [-0.39, 0.29) is 0 Å². The highest BCUT2D eigenvalue weighted by Gasteiger charge is 2.13. The Morgan fingerprint density at radius 3 is 2.00 bits per heavy atom. The van der Waals surface area contributed by atoms with Gasteiger partial charge in [0, 0.05) is 0 Å². The molecule has 16 heavy (non-hydrogen) atoms. The van der Waals surface area contributed by atoms with Crippen molar-refractivity contribution in [3.63, 3.8) is 0 Å². The van der Waals surface area contributed by atoms with E-state index in [1.807, 2.05) is 0 Å². The summed E-state index contributed by atoms with van der Waals surface area (Å²) in [5.74, 6) is 2.82. The third-order valence-electron chi connectivity index (χ3n) is 3.19. The van der Waals surface area contributed by atoms with Crippen molar-refractivity contribution in [2.75, 3.05) is 11.5 Å². The molecule has 1 rings (SSSR count). The molecule has 96 valence electrons. The first kappa shape index (κ1) is 14.8. The molecule has 0 aromatic carbocycles. The molecule has 0 amide bonds. The van der Waals surface area contributed by atoms with Crippen LogP contribution in [0.25, 0.3) is 0 Å². The van der Waals surface area contributed by atoms with Crippen LogP contribution in [0.15, 0.2) is 0 Å². The van der Waals surface area contributed by atoms with Gasteiger partial charge in [-0.1, -0.05) is 58.3 Å². The molecule has 1 aliphatic heterocycles. The molecule has 0 radical (unpaired) electrons. The Bertz CT molecular complexity index is 142. The third kappa shape index (κ3) is 7.89. The van der Waals surface area contributed by atoms with Gasteiger partial charge in [-0.3, -0.25) is 0 Å². The van der Waals surface area contributed by atoms with Crippen LogP contribution >= 0.6 is 23.5 Å². The Kier molecular flexibility index (Phi) is 9.99. The van der Waals surface area contributed by atoms with E-state index in [0.29, 0.717) is 0 Å². The van der Waals surface area contributed by atoms with Crippen molar-refractivity contribution in [3.05, 3.63) is 0 Å². The number of rotatable bonds is 9. The SMILES string of the molecule is CCCCCCCCCCC1SCCCS1. The van der Waals surface area contributed by atoms with Gasteiger partial charge < -0.3 is 0 Å². The van der Waals surface area contributed by atoms with Crippen LogP contribution in [0.1, 0.15) is 71.1 Å². The average Bonchev–Trinajstić information content (AvgIpc) is 2.34. The van der Waals surface area contributed by atoms with E-state index in [2.05, 4.69) is 30.4 Å². The molecule has 0 atom stereocenters. The molecule has 2 heteroatoms. The molecular weight excluding hydrogens is 232 g/mol. The van der Waals surface area contributed by atoms with Crippen molar-refractivity contribution in [1.29, 1.82) is 0 Å². The summed E-state index contributed by atoms with van der Waals surface area (Å²) in [5.41, 5.74) is 0. The molecule has 1 saturated heterocycles. The van der Waals surface area contributed by atoms with E-state index in [9.17, 15) is 0 Å². The Labute approximate surface area is 111 Å².